The van der Waals surface area contributed by atoms with Crippen molar-refractivity contribution in [2.45, 2.75) is 49.2 Å². The molecular formula is C26H21ClN6O2S2. The Bertz CT molecular complexity index is 1570. The number of aryl methyl sites for hydroxylation is 1. The number of hydrogen-bond acceptors (Lipinski definition) is 8. The van der Waals surface area contributed by atoms with E-state index in [1.807, 2.05) is 29.7 Å². The van der Waals surface area contributed by atoms with Crippen molar-refractivity contribution in [1.82, 2.24) is 14.8 Å². The number of nitrogens with zero attached hydrogens (tertiary/aromatic N) is 6. The van der Waals surface area contributed by atoms with Crippen LogP contribution in [0.5, 0.6) is 0 Å². The number of fused-ring (bicyclic) bond motifs is 1. The molecule has 1 aliphatic carbocycles. The highest BCUT2D eigenvalue weighted by molar-refractivity contribution is 7.99. The van der Waals surface area contributed by atoms with Gasteiger partial charge < -0.3 is 4.57 Å². The van der Waals surface area contributed by atoms with E-state index < -0.39 is 4.92 Å². The lowest BCUT2D eigenvalue weighted by atomic mass is 9.96. The molecule has 0 bridgehead atoms. The summed E-state index contributed by atoms with van der Waals surface area (Å²) in [5, 5.41) is 31.9. The fourth-order valence-electron chi connectivity index (χ4n) is 4.32. The van der Waals surface area contributed by atoms with Crippen LogP contribution in [0.3, 0.4) is 0 Å². The van der Waals surface area contributed by atoms with Crippen molar-refractivity contribution in [2.75, 3.05) is 0 Å². The minimum absolute atomic E-state index is 0.0339. The summed E-state index contributed by atoms with van der Waals surface area (Å²) in [6.45, 7) is 2.63. The van der Waals surface area contributed by atoms with E-state index in [4.69, 9.17) is 11.6 Å². The molecule has 0 aliphatic heterocycles. The van der Waals surface area contributed by atoms with Gasteiger partial charge in [-0.25, -0.2) is 4.99 Å². The average Bonchev–Trinajstić information content (AvgIpc) is 3.48. The van der Waals surface area contributed by atoms with Crippen molar-refractivity contribution < 1.29 is 4.92 Å². The average molecular weight is 549 g/mol. The first-order chi connectivity index (χ1) is 18.0. The maximum Gasteiger partial charge on any atom is 0.270 e. The number of halogens is 1. The standard InChI is InChI=1S/C26H21ClN6O2S2/c1-2-32-24(16-6-5-7-18(27)12-16)30-31-26(32)37-22-11-10-19(33(34)35)13-17(22)15-29-25-21(14-28)20-8-3-4-9-23(20)36-25/h5-7,10-13,15H,2-4,8-9H2,1H3. The highest BCUT2D eigenvalue weighted by atomic mass is 35.5. The Hall–Kier alpha value is -3.52. The molecule has 0 fully saturated rings. The van der Waals surface area contributed by atoms with Crippen molar-refractivity contribution in [3.63, 3.8) is 0 Å². The summed E-state index contributed by atoms with van der Waals surface area (Å²) in [4.78, 5) is 17.7. The van der Waals surface area contributed by atoms with Crippen LogP contribution in [0, 0.1) is 21.4 Å². The van der Waals surface area contributed by atoms with E-state index in [0.717, 1.165) is 41.7 Å². The smallest absolute Gasteiger partial charge is 0.270 e. The number of nitro groups is 1. The van der Waals surface area contributed by atoms with Crippen LogP contribution in [-0.2, 0) is 19.4 Å². The van der Waals surface area contributed by atoms with Crippen molar-refractivity contribution in [3.05, 3.63) is 79.2 Å². The second-order valence-corrected chi connectivity index (χ2v) is 10.9. The van der Waals surface area contributed by atoms with Gasteiger partial charge in [0, 0.05) is 50.8 Å². The highest BCUT2D eigenvalue weighted by Gasteiger charge is 2.21. The summed E-state index contributed by atoms with van der Waals surface area (Å²) < 4.78 is 1.97. The first-order valence-electron chi connectivity index (χ1n) is 11.7. The molecule has 4 aromatic rings. The van der Waals surface area contributed by atoms with Crippen LogP contribution >= 0.6 is 34.7 Å². The van der Waals surface area contributed by atoms with Gasteiger partial charge in [0.15, 0.2) is 11.0 Å². The molecule has 0 atom stereocenters. The number of non-ortho nitro benzene ring substituents is 1. The first-order valence-corrected chi connectivity index (χ1v) is 13.7. The minimum atomic E-state index is -0.428. The zero-order valence-electron chi connectivity index (χ0n) is 19.8. The highest BCUT2D eigenvalue weighted by Crippen LogP contribution is 2.40. The molecule has 2 aromatic carbocycles. The molecule has 37 heavy (non-hydrogen) atoms. The quantitative estimate of drug-likeness (QED) is 0.137. The van der Waals surface area contributed by atoms with Crippen LogP contribution in [0.1, 0.15) is 41.3 Å². The number of nitriles is 1. The van der Waals surface area contributed by atoms with Gasteiger partial charge in [0.1, 0.15) is 11.1 Å². The van der Waals surface area contributed by atoms with Crippen molar-refractivity contribution >= 4 is 51.6 Å². The maximum atomic E-state index is 11.5. The Balaban J connectivity index is 1.52. The van der Waals surface area contributed by atoms with E-state index in [1.165, 1.54) is 40.1 Å². The third-order valence-electron chi connectivity index (χ3n) is 6.11. The van der Waals surface area contributed by atoms with Gasteiger partial charge in [0.05, 0.1) is 10.5 Å². The molecular weight excluding hydrogens is 528 g/mol. The summed E-state index contributed by atoms with van der Waals surface area (Å²) in [6, 6.07) is 14.4. The summed E-state index contributed by atoms with van der Waals surface area (Å²) in [5.41, 5.74) is 3.11. The molecule has 8 nitrogen and oxygen atoms in total. The maximum absolute atomic E-state index is 11.5. The second-order valence-electron chi connectivity index (χ2n) is 8.40. The SMILES string of the molecule is CCn1c(Sc2ccc([N+](=O)[O-])cc2C=Nc2sc3c(c2C#N)CCCC3)nnc1-c1cccc(Cl)c1. The lowest BCUT2D eigenvalue weighted by Crippen LogP contribution is -2.00. The van der Waals surface area contributed by atoms with Crippen LogP contribution in [0.15, 0.2) is 57.5 Å². The van der Waals surface area contributed by atoms with Gasteiger partial charge >= 0.3 is 0 Å². The second kappa shape index (κ2) is 10.8. The topological polar surface area (TPSA) is 110 Å². The van der Waals surface area contributed by atoms with Crippen LogP contribution < -0.4 is 0 Å². The monoisotopic (exact) mass is 548 g/mol. The molecule has 0 radical (unpaired) electrons. The van der Waals surface area contributed by atoms with E-state index >= 15 is 0 Å². The van der Waals surface area contributed by atoms with Gasteiger partial charge in [-0.15, -0.1) is 21.5 Å². The third kappa shape index (κ3) is 5.16. The lowest BCUT2D eigenvalue weighted by Gasteiger charge is -2.09. The van der Waals surface area contributed by atoms with Crippen LogP contribution in [-0.4, -0.2) is 25.9 Å². The Kier molecular flexibility index (Phi) is 7.37. The molecule has 5 rings (SSSR count). The molecule has 2 aromatic heterocycles. The molecule has 1 aliphatic rings. The van der Waals surface area contributed by atoms with Crippen molar-refractivity contribution in [2.24, 2.45) is 4.99 Å². The molecule has 11 heteroatoms. The van der Waals surface area contributed by atoms with E-state index in [9.17, 15) is 15.4 Å². The minimum Gasteiger partial charge on any atom is -0.302 e. The van der Waals surface area contributed by atoms with E-state index in [2.05, 4.69) is 21.3 Å². The number of benzene rings is 2. The zero-order valence-corrected chi connectivity index (χ0v) is 22.2. The predicted octanol–water partition coefficient (Wildman–Crippen LogP) is 7.24. The van der Waals surface area contributed by atoms with Gasteiger partial charge in [-0.05, 0) is 68.1 Å². The zero-order chi connectivity index (χ0) is 25.9. The summed E-state index contributed by atoms with van der Waals surface area (Å²) >= 11 is 9.07. The van der Waals surface area contributed by atoms with Crippen molar-refractivity contribution in [1.29, 1.82) is 5.26 Å². The Morgan fingerprint density at radius 3 is 2.86 bits per heavy atom. The Morgan fingerprint density at radius 2 is 2.11 bits per heavy atom. The van der Waals surface area contributed by atoms with Gasteiger partial charge in [0.25, 0.3) is 5.69 Å². The number of aromatic nitrogens is 3. The summed E-state index contributed by atoms with van der Waals surface area (Å²) in [7, 11) is 0. The fourth-order valence-corrected chi connectivity index (χ4v) is 6.66. The Labute approximate surface area is 226 Å². The van der Waals surface area contributed by atoms with Gasteiger partial charge in [-0.1, -0.05) is 23.7 Å². The molecule has 0 unspecified atom stereocenters. The molecule has 186 valence electrons. The lowest BCUT2D eigenvalue weighted by molar-refractivity contribution is -0.384. The van der Waals surface area contributed by atoms with E-state index in [-0.39, 0.29) is 5.69 Å². The summed E-state index contributed by atoms with van der Waals surface area (Å²) in [5.74, 6) is 0.687. The summed E-state index contributed by atoms with van der Waals surface area (Å²) in [6.07, 6.45) is 5.65. The van der Waals surface area contributed by atoms with E-state index in [1.54, 1.807) is 18.3 Å². The van der Waals surface area contributed by atoms with Crippen LogP contribution in [0.4, 0.5) is 10.7 Å². The van der Waals surface area contributed by atoms with E-state index in [0.29, 0.717) is 38.7 Å². The van der Waals surface area contributed by atoms with Gasteiger partial charge in [-0.2, -0.15) is 5.26 Å². The normalized spacial score (nSPS) is 13.0. The molecule has 0 N–H and O–H groups in total. The molecule has 0 amide bonds. The molecule has 0 saturated heterocycles. The third-order valence-corrected chi connectivity index (χ3v) is 8.62. The number of nitro benzene ring substituents is 1. The van der Waals surface area contributed by atoms with Crippen LogP contribution in [0.25, 0.3) is 11.4 Å². The number of thiophene rings is 1. The number of aliphatic imine (C=N–C) groups is 1. The first kappa shape index (κ1) is 25.1. The Morgan fingerprint density at radius 1 is 1.27 bits per heavy atom. The molecule has 0 spiro atoms. The largest absolute Gasteiger partial charge is 0.302 e. The molecule has 0 saturated carbocycles. The predicted molar refractivity (Wildman–Crippen MR) is 146 cm³/mol. The fraction of sp³-hybridized carbons (Fsp3) is 0.231. The van der Waals surface area contributed by atoms with Crippen molar-refractivity contribution in [3.8, 4) is 17.5 Å². The molecule has 2 heterocycles. The number of rotatable bonds is 7. The van der Waals surface area contributed by atoms with Crippen LogP contribution in [0.2, 0.25) is 5.02 Å². The van der Waals surface area contributed by atoms with Gasteiger partial charge in [-0.3, -0.25) is 10.1 Å². The van der Waals surface area contributed by atoms with Gasteiger partial charge in [0.2, 0.25) is 0 Å². The number of hydrogen-bond donors (Lipinski definition) is 0.